The standard InChI is InChI=1S/C7H15NO3/c1-3-5-10-6(4-2)11-7(8)9/h6H,3-5H2,1-2H3,(H2,8,9). The van der Waals surface area contributed by atoms with E-state index in [9.17, 15) is 4.79 Å². The van der Waals surface area contributed by atoms with Gasteiger partial charge >= 0.3 is 6.09 Å². The highest BCUT2D eigenvalue weighted by Gasteiger charge is 2.08. The molecule has 0 fully saturated rings. The van der Waals surface area contributed by atoms with Crippen LogP contribution in [-0.2, 0) is 9.47 Å². The normalized spacial score (nSPS) is 12.5. The molecule has 2 N–H and O–H groups in total. The molecule has 0 radical (unpaired) electrons. The molecule has 0 saturated heterocycles. The number of nitrogens with two attached hydrogens (primary N) is 1. The average molecular weight is 161 g/mol. The summed E-state index contributed by atoms with van der Waals surface area (Å²) in [7, 11) is 0. The third-order valence-corrected chi connectivity index (χ3v) is 1.09. The van der Waals surface area contributed by atoms with Gasteiger partial charge in [0.2, 0.25) is 6.29 Å². The fourth-order valence-electron chi connectivity index (χ4n) is 0.614. The third-order valence-electron chi connectivity index (χ3n) is 1.09. The summed E-state index contributed by atoms with van der Waals surface area (Å²) >= 11 is 0. The molecule has 0 aliphatic heterocycles. The minimum Gasteiger partial charge on any atom is -0.420 e. The minimum absolute atomic E-state index is 0.479. The first-order valence-electron chi connectivity index (χ1n) is 3.78. The van der Waals surface area contributed by atoms with Gasteiger partial charge in [0.1, 0.15) is 0 Å². The van der Waals surface area contributed by atoms with Crippen LogP contribution in [0.2, 0.25) is 0 Å². The molecule has 0 aromatic rings. The van der Waals surface area contributed by atoms with Crippen LogP contribution in [0.3, 0.4) is 0 Å². The quantitative estimate of drug-likeness (QED) is 0.617. The molecule has 0 aromatic heterocycles. The molecule has 0 saturated carbocycles. The van der Waals surface area contributed by atoms with Crippen LogP contribution in [0.5, 0.6) is 0 Å². The fraction of sp³-hybridized carbons (Fsp3) is 0.857. The van der Waals surface area contributed by atoms with Crippen LogP contribution in [-0.4, -0.2) is 19.0 Å². The van der Waals surface area contributed by atoms with Crippen molar-refractivity contribution >= 4 is 6.09 Å². The molecule has 0 aliphatic carbocycles. The molecule has 0 heterocycles. The number of rotatable bonds is 5. The monoisotopic (exact) mass is 161 g/mol. The van der Waals surface area contributed by atoms with E-state index in [1.807, 2.05) is 13.8 Å². The average Bonchev–Trinajstić information content (AvgIpc) is 1.97. The van der Waals surface area contributed by atoms with Gasteiger partial charge in [0.15, 0.2) is 0 Å². The van der Waals surface area contributed by atoms with E-state index in [1.54, 1.807) is 0 Å². The molecule has 0 aromatic carbocycles. The number of hydrogen-bond acceptors (Lipinski definition) is 3. The van der Waals surface area contributed by atoms with Crippen LogP contribution in [0.1, 0.15) is 26.7 Å². The summed E-state index contributed by atoms with van der Waals surface area (Å²) in [5.74, 6) is 0. The van der Waals surface area contributed by atoms with Crippen molar-refractivity contribution in [3.05, 3.63) is 0 Å². The Hall–Kier alpha value is -0.770. The lowest BCUT2D eigenvalue weighted by Crippen LogP contribution is -2.24. The van der Waals surface area contributed by atoms with Crippen LogP contribution in [0.25, 0.3) is 0 Å². The van der Waals surface area contributed by atoms with Gasteiger partial charge in [0.05, 0.1) is 6.61 Å². The maximum absolute atomic E-state index is 10.3. The summed E-state index contributed by atoms with van der Waals surface area (Å²) in [5.41, 5.74) is 4.80. The molecule has 0 rings (SSSR count). The summed E-state index contributed by atoms with van der Waals surface area (Å²) in [6.45, 7) is 4.44. The van der Waals surface area contributed by atoms with Crippen molar-refractivity contribution in [1.29, 1.82) is 0 Å². The van der Waals surface area contributed by atoms with Gasteiger partial charge in [-0.15, -0.1) is 0 Å². The first kappa shape index (κ1) is 10.2. The van der Waals surface area contributed by atoms with E-state index in [0.29, 0.717) is 13.0 Å². The van der Waals surface area contributed by atoms with Gasteiger partial charge in [-0.1, -0.05) is 13.8 Å². The summed E-state index contributed by atoms with van der Waals surface area (Å²) < 4.78 is 9.75. The van der Waals surface area contributed by atoms with Crippen LogP contribution in [0.15, 0.2) is 0 Å². The predicted molar refractivity (Wildman–Crippen MR) is 41.0 cm³/mol. The number of hydrogen-bond donors (Lipinski definition) is 1. The fourth-order valence-corrected chi connectivity index (χ4v) is 0.614. The highest BCUT2D eigenvalue weighted by Crippen LogP contribution is 2.00. The highest BCUT2D eigenvalue weighted by molar-refractivity contribution is 5.64. The smallest absolute Gasteiger partial charge is 0.406 e. The van der Waals surface area contributed by atoms with Crippen molar-refractivity contribution in [2.75, 3.05) is 6.61 Å². The van der Waals surface area contributed by atoms with Crippen LogP contribution in [0.4, 0.5) is 4.79 Å². The molecule has 0 spiro atoms. The van der Waals surface area contributed by atoms with Crippen molar-refractivity contribution in [1.82, 2.24) is 0 Å². The minimum atomic E-state index is -0.784. The molecule has 1 atom stereocenters. The van der Waals surface area contributed by atoms with Crippen molar-refractivity contribution in [3.63, 3.8) is 0 Å². The maximum Gasteiger partial charge on any atom is 0.406 e. The molecule has 11 heavy (non-hydrogen) atoms. The van der Waals surface area contributed by atoms with Crippen molar-refractivity contribution in [2.45, 2.75) is 33.0 Å². The Kier molecular flexibility index (Phi) is 5.56. The van der Waals surface area contributed by atoms with E-state index in [4.69, 9.17) is 10.5 Å². The molecule has 66 valence electrons. The summed E-state index contributed by atoms with van der Waals surface area (Å²) in [4.78, 5) is 10.3. The van der Waals surface area contributed by atoms with E-state index < -0.39 is 12.4 Å². The third kappa shape index (κ3) is 5.66. The molecule has 1 unspecified atom stereocenters. The number of primary amides is 1. The largest absolute Gasteiger partial charge is 0.420 e. The predicted octanol–water partition coefficient (Wildman–Crippen LogP) is 1.24. The second-order valence-corrected chi connectivity index (χ2v) is 2.15. The lowest BCUT2D eigenvalue weighted by atomic mass is 10.4. The Balaban J connectivity index is 3.49. The van der Waals surface area contributed by atoms with Gasteiger partial charge < -0.3 is 15.2 Å². The zero-order valence-electron chi connectivity index (χ0n) is 7.00. The van der Waals surface area contributed by atoms with Crippen molar-refractivity contribution in [3.8, 4) is 0 Å². The second kappa shape index (κ2) is 5.97. The zero-order chi connectivity index (χ0) is 8.69. The van der Waals surface area contributed by atoms with Crippen LogP contribution < -0.4 is 5.73 Å². The van der Waals surface area contributed by atoms with Gasteiger partial charge in [0.25, 0.3) is 0 Å². The summed E-state index contributed by atoms with van der Waals surface area (Å²) in [5, 5.41) is 0. The number of carbonyl (C=O) groups is 1. The number of carbonyl (C=O) groups excluding carboxylic acids is 1. The van der Waals surface area contributed by atoms with Gasteiger partial charge in [-0.3, -0.25) is 0 Å². The van der Waals surface area contributed by atoms with Gasteiger partial charge in [0, 0.05) is 6.42 Å². The first-order chi connectivity index (χ1) is 5.20. The van der Waals surface area contributed by atoms with E-state index in [0.717, 1.165) is 6.42 Å². The topological polar surface area (TPSA) is 61.6 Å². The van der Waals surface area contributed by atoms with E-state index in [1.165, 1.54) is 0 Å². The first-order valence-corrected chi connectivity index (χ1v) is 3.78. The molecule has 4 nitrogen and oxygen atoms in total. The lowest BCUT2D eigenvalue weighted by molar-refractivity contribution is -0.102. The van der Waals surface area contributed by atoms with Crippen molar-refractivity contribution < 1.29 is 14.3 Å². The summed E-state index contributed by atoms with van der Waals surface area (Å²) in [6.07, 6.45) is 0.266. The Morgan fingerprint density at radius 2 is 2.18 bits per heavy atom. The molecular formula is C7H15NO3. The Bertz CT molecular complexity index is 116. The van der Waals surface area contributed by atoms with Crippen LogP contribution in [0, 0.1) is 0 Å². The van der Waals surface area contributed by atoms with Gasteiger partial charge in [-0.05, 0) is 6.42 Å². The second-order valence-electron chi connectivity index (χ2n) is 2.15. The molecule has 1 amide bonds. The Morgan fingerprint density at radius 1 is 1.55 bits per heavy atom. The summed E-state index contributed by atoms with van der Waals surface area (Å²) in [6, 6.07) is 0. The number of amides is 1. The van der Waals surface area contributed by atoms with E-state index in [-0.39, 0.29) is 0 Å². The molecule has 0 aliphatic rings. The molecular weight excluding hydrogens is 146 g/mol. The Labute approximate surface area is 66.7 Å². The SMILES string of the molecule is CCCOC(CC)OC(N)=O. The highest BCUT2D eigenvalue weighted by atomic mass is 16.7. The van der Waals surface area contributed by atoms with Gasteiger partial charge in [-0.2, -0.15) is 0 Å². The van der Waals surface area contributed by atoms with Crippen LogP contribution >= 0.6 is 0 Å². The zero-order valence-corrected chi connectivity index (χ0v) is 7.00. The van der Waals surface area contributed by atoms with Gasteiger partial charge in [-0.25, -0.2) is 4.79 Å². The van der Waals surface area contributed by atoms with Crippen molar-refractivity contribution in [2.24, 2.45) is 5.73 Å². The van der Waals surface area contributed by atoms with E-state index in [2.05, 4.69) is 4.74 Å². The maximum atomic E-state index is 10.3. The lowest BCUT2D eigenvalue weighted by Gasteiger charge is -2.14. The van der Waals surface area contributed by atoms with E-state index >= 15 is 0 Å². The Morgan fingerprint density at radius 3 is 2.55 bits per heavy atom. The number of ether oxygens (including phenoxy) is 2. The molecule has 4 heteroatoms. The molecule has 0 bridgehead atoms.